The van der Waals surface area contributed by atoms with Gasteiger partial charge in [-0.2, -0.15) is 0 Å². The summed E-state index contributed by atoms with van der Waals surface area (Å²) in [5.74, 6) is 0.518. The number of benzene rings is 2. The molecule has 4 heteroatoms. The smallest absolute Gasteiger partial charge is 0.123 e. The number of hydrogen-bond donors (Lipinski definition) is 1. The van der Waals surface area contributed by atoms with Crippen molar-refractivity contribution in [3.05, 3.63) is 60.5 Å². The molecule has 0 aliphatic rings. The third-order valence-electron chi connectivity index (χ3n) is 3.07. The molecule has 3 rings (SSSR count). The van der Waals surface area contributed by atoms with Gasteiger partial charge in [0.15, 0.2) is 0 Å². The summed E-state index contributed by atoms with van der Waals surface area (Å²) < 4.78 is 18.2. The van der Waals surface area contributed by atoms with Crippen molar-refractivity contribution < 1.29 is 9.13 Å². The molecule has 0 radical (unpaired) electrons. The maximum absolute atomic E-state index is 12.9. The molecule has 0 bridgehead atoms. The van der Waals surface area contributed by atoms with E-state index in [0.29, 0.717) is 0 Å². The molecule has 0 aliphatic heterocycles. The normalized spacial score (nSPS) is 10.5. The predicted octanol–water partition coefficient (Wildman–Crippen LogP) is 4.13. The number of anilines is 2. The van der Waals surface area contributed by atoms with Crippen LogP contribution in [0, 0.1) is 5.82 Å². The lowest BCUT2D eigenvalue weighted by atomic mass is 10.1. The quantitative estimate of drug-likeness (QED) is 0.775. The SMILES string of the molecule is COc1ccc2nccc(Nc3ccc(F)cc3)c2c1. The number of hydrogen-bond acceptors (Lipinski definition) is 3. The molecule has 0 spiro atoms. The Morgan fingerprint density at radius 1 is 1.05 bits per heavy atom. The molecule has 0 unspecified atom stereocenters. The maximum atomic E-state index is 12.9. The highest BCUT2D eigenvalue weighted by atomic mass is 19.1. The van der Waals surface area contributed by atoms with Crippen LogP contribution in [0.1, 0.15) is 0 Å². The Balaban J connectivity index is 2.04. The van der Waals surface area contributed by atoms with E-state index in [1.165, 1.54) is 12.1 Å². The van der Waals surface area contributed by atoms with E-state index in [2.05, 4.69) is 10.3 Å². The van der Waals surface area contributed by atoms with Crippen LogP contribution in [0.2, 0.25) is 0 Å². The molecule has 100 valence electrons. The lowest BCUT2D eigenvalue weighted by Crippen LogP contribution is -1.93. The third kappa shape index (κ3) is 2.40. The molecule has 1 heterocycles. The van der Waals surface area contributed by atoms with E-state index in [-0.39, 0.29) is 5.82 Å². The van der Waals surface area contributed by atoms with Gasteiger partial charge in [0.1, 0.15) is 11.6 Å². The molecule has 0 saturated carbocycles. The van der Waals surface area contributed by atoms with Crippen molar-refractivity contribution in [3.63, 3.8) is 0 Å². The number of nitrogens with one attached hydrogen (secondary N) is 1. The number of pyridine rings is 1. The van der Waals surface area contributed by atoms with E-state index in [1.54, 1.807) is 25.4 Å². The summed E-state index contributed by atoms with van der Waals surface area (Å²) in [4.78, 5) is 4.32. The van der Waals surface area contributed by atoms with Gasteiger partial charge in [0.05, 0.1) is 12.6 Å². The largest absolute Gasteiger partial charge is 0.497 e. The van der Waals surface area contributed by atoms with Crippen LogP contribution >= 0.6 is 0 Å². The Morgan fingerprint density at radius 3 is 2.60 bits per heavy atom. The standard InChI is InChI=1S/C16H13FN2O/c1-20-13-6-7-15-14(10-13)16(8-9-18-15)19-12-4-2-11(17)3-5-12/h2-10H,1H3,(H,18,19). The fourth-order valence-electron chi connectivity index (χ4n) is 2.05. The van der Waals surface area contributed by atoms with Crippen LogP contribution in [0.15, 0.2) is 54.7 Å². The first-order chi connectivity index (χ1) is 9.76. The number of ether oxygens (including phenoxy) is 1. The van der Waals surface area contributed by atoms with Gasteiger partial charge in [0, 0.05) is 23.0 Å². The molecule has 0 amide bonds. The second-order valence-electron chi connectivity index (χ2n) is 4.37. The number of aromatic nitrogens is 1. The monoisotopic (exact) mass is 268 g/mol. The zero-order valence-electron chi connectivity index (χ0n) is 10.9. The van der Waals surface area contributed by atoms with Crippen molar-refractivity contribution in [1.29, 1.82) is 0 Å². The highest BCUT2D eigenvalue weighted by Crippen LogP contribution is 2.28. The Labute approximate surface area is 116 Å². The molecule has 1 aromatic heterocycles. The number of nitrogens with zero attached hydrogens (tertiary/aromatic N) is 1. The Morgan fingerprint density at radius 2 is 1.85 bits per heavy atom. The van der Waals surface area contributed by atoms with E-state index in [9.17, 15) is 4.39 Å². The van der Waals surface area contributed by atoms with Crippen LogP contribution in [0.25, 0.3) is 10.9 Å². The van der Waals surface area contributed by atoms with Crippen molar-refractivity contribution in [3.8, 4) is 5.75 Å². The van der Waals surface area contributed by atoms with Crippen molar-refractivity contribution in [2.24, 2.45) is 0 Å². The van der Waals surface area contributed by atoms with E-state index in [4.69, 9.17) is 4.74 Å². The zero-order valence-corrected chi connectivity index (χ0v) is 10.9. The average molecular weight is 268 g/mol. The van der Waals surface area contributed by atoms with Crippen LogP contribution in [0.5, 0.6) is 5.75 Å². The maximum Gasteiger partial charge on any atom is 0.123 e. The zero-order chi connectivity index (χ0) is 13.9. The Kier molecular flexibility index (Phi) is 3.21. The van der Waals surface area contributed by atoms with Crippen LogP contribution in [-0.2, 0) is 0 Å². The lowest BCUT2D eigenvalue weighted by molar-refractivity contribution is 0.415. The molecular formula is C16H13FN2O. The van der Waals surface area contributed by atoms with Crippen LogP contribution in [-0.4, -0.2) is 12.1 Å². The average Bonchev–Trinajstić information content (AvgIpc) is 2.49. The highest BCUT2D eigenvalue weighted by molar-refractivity contribution is 5.93. The summed E-state index contributed by atoms with van der Waals surface area (Å²) in [5, 5.41) is 4.22. The summed E-state index contributed by atoms with van der Waals surface area (Å²) in [6.07, 6.45) is 1.74. The summed E-state index contributed by atoms with van der Waals surface area (Å²) >= 11 is 0. The fraction of sp³-hybridized carbons (Fsp3) is 0.0625. The van der Waals surface area contributed by atoms with E-state index in [0.717, 1.165) is 28.0 Å². The molecule has 0 atom stereocenters. The highest BCUT2D eigenvalue weighted by Gasteiger charge is 2.04. The topological polar surface area (TPSA) is 34.1 Å². The minimum atomic E-state index is -0.253. The van der Waals surface area contributed by atoms with Gasteiger partial charge < -0.3 is 10.1 Å². The Hall–Kier alpha value is -2.62. The summed E-state index contributed by atoms with van der Waals surface area (Å²) in [6.45, 7) is 0. The molecule has 3 aromatic rings. The van der Waals surface area contributed by atoms with Crippen molar-refractivity contribution in [1.82, 2.24) is 4.98 Å². The molecule has 3 nitrogen and oxygen atoms in total. The van der Waals surface area contributed by atoms with Crippen LogP contribution in [0.3, 0.4) is 0 Å². The van der Waals surface area contributed by atoms with Crippen molar-refractivity contribution in [2.75, 3.05) is 12.4 Å². The van der Waals surface area contributed by atoms with Crippen molar-refractivity contribution >= 4 is 22.3 Å². The fourth-order valence-corrected chi connectivity index (χ4v) is 2.05. The van der Waals surface area contributed by atoms with Gasteiger partial charge >= 0.3 is 0 Å². The van der Waals surface area contributed by atoms with Gasteiger partial charge in [-0.3, -0.25) is 4.98 Å². The molecular weight excluding hydrogens is 255 g/mol. The summed E-state index contributed by atoms with van der Waals surface area (Å²) in [7, 11) is 1.63. The summed E-state index contributed by atoms with van der Waals surface area (Å²) in [5.41, 5.74) is 2.60. The minimum Gasteiger partial charge on any atom is -0.497 e. The van der Waals surface area contributed by atoms with Gasteiger partial charge in [-0.25, -0.2) is 4.39 Å². The number of methoxy groups -OCH3 is 1. The minimum absolute atomic E-state index is 0.253. The Bertz CT molecular complexity index is 741. The number of halogens is 1. The number of rotatable bonds is 3. The molecule has 0 aliphatic carbocycles. The van der Waals surface area contributed by atoms with Gasteiger partial charge in [0.25, 0.3) is 0 Å². The molecule has 0 saturated heterocycles. The molecule has 2 aromatic carbocycles. The number of fused-ring (bicyclic) bond motifs is 1. The van der Waals surface area contributed by atoms with Crippen molar-refractivity contribution in [2.45, 2.75) is 0 Å². The van der Waals surface area contributed by atoms with Gasteiger partial charge in [-0.15, -0.1) is 0 Å². The first-order valence-corrected chi connectivity index (χ1v) is 6.21. The van der Waals surface area contributed by atoms with Gasteiger partial charge in [-0.05, 0) is 48.5 Å². The first-order valence-electron chi connectivity index (χ1n) is 6.21. The van der Waals surface area contributed by atoms with Gasteiger partial charge in [0.2, 0.25) is 0 Å². The van der Waals surface area contributed by atoms with Gasteiger partial charge in [-0.1, -0.05) is 0 Å². The van der Waals surface area contributed by atoms with E-state index < -0.39 is 0 Å². The molecule has 1 N–H and O–H groups in total. The third-order valence-corrected chi connectivity index (χ3v) is 3.07. The lowest BCUT2D eigenvalue weighted by Gasteiger charge is -2.10. The predicted molar refractivity (Wildman–Crippen MR) is 78.0 cm³/mol. The second kappa shape index (κ2) is 5.17. The van der Waals surface area contributed by atoms with E-state index in [1.807, 2.05) is 24.3 Å². The molecule has 0 fully saturated rings. The second-order valence-corrected chi connectivity index (χ2v) is 4.37. The van der Waals surface area contributed by atoms with Crippen LogP contribution < -0.4 is 10.1 Å². The van der Waals surface area contributed by atoms with Crippen LogP contribution in [0.4, 0.5) is 15.8 Å². The summed E-state index contributed by atoms with van der Waals surface area (Å²) in [6, 6.07) is 13.8. The molecule has 20 heavy (non-hydrogen) atoms. The van der Waals surface area contributed by atoms with E-state index >= 15 is 0 Å². The first kappa shape index (κ1) is 12.4.